The van der Waals surface area contributed by atoms with E-state index in [9.17, 15) is 0 Å². The molecule has 0 amide bonds. The Labute approximate surface area is 129 Å². The van der Waals surface area contributed by atoms with Crippen LogP contribution in [-0.2, 0) is 25.9 Å². The second-order valence-corrected chi connectivity index (χ2v) is 6.81. The minimum Gasteiger partial charge on any atom is -0.314 e. The van der Waals surface area contributed by atoms with Crippen molar-refractivity contribution in [1.29, 1.82) is 0 Å². The quantitative estimate of drug-likeness (QED) is 0.923. The van der Waals surface area contributed by atoms with Gasteiger partial charge < -0.3 is 9.88 Å². The van der Waals surface area contributed by atoms with Crippen LogP contribution in [0.4, 0.5) is 0 Å². The van der Waals surface area contributed by atoms with E-state index in [0.29, 0.717) is 0 Å². The smallest absolute Gasteiger partial charge is 0.149 e. The molecule has 21 heavy (non-hydrogen) atoms. The van der Waals surface area contributed by atoms with Gasteiger partial charge in [0.2, 0.25) is 0 Å². The number of hydrogen-bond donors (Lipinski definition) is 1. The van der Waals surface area contributed by atoms with Gasteiger partial charge in [0.25, 0.3) is 0 Å². The molecule has 0 aliphatic carbocycles. The molecule has 2 aromatic heterocycles. The van der Waals surface area contributed by atoms with Gasteiger partial charge in [0.15, 0.2) is 0 Å². The summed E-state index contributed by atoms with van der Waals surface area (Å²) >= 11 is 1.79. The molecular weight excluding hydrogens is 282 g/mol. The highest BCUT2D eigenvalue weighted by molar-refractivity contribution is 7.11. The van der Waals surface area contributed by atoms with Crippen molar-refractivity contribution in [2.45, 2.75) is 65.1 Å². The maximum Gasteiger partial charge on any atom is 0.149 e. The molecule has 0 fully saturated rings. The summed E-state index contributed by atoms with van der Waals surface area (Å²) in [5, 5.41) is 13.5. The fourth-order valence-corrected chi connectivity index (χ4v) is 3.58. The fraction of sp³-hybridized carbons (Fsp3) is 0.667. The third kappa shape index (κ3) is 3.32. The molecule has 2 aromatic rings. The van der Waals surface area contributed by atoms with Crippen LogP contribution in [0.3, 0.4) is 0 Å². The first kappa shape index (κ1) is 14.7. The molecule has 114 valence electrons. The van der Waals surface area contributed by atoms with Crippen LogP contribution in [0.1, 0.15) is 60.7 Å². The van der Waals surface area contributed by atoms with Crippen molar-refractivity contribution in [3.8, 4) is 0 Å². The van der Waals surface area contributed by atoms with Crippen molar-refractivity contribution >= 4 is 11.3 Å². The number of nitrogens with zero attached hydrogens (tertiary/aromatic N) is 4. The first-order chi connectivity index (χ1) is 10.3. The van der Waals surface area contributed by atoms with Gasteiger partial charge in [-0.05, 0) is 26.2 Å². The molecule has 1 aliphatic heterocycles. The Hall–Kier alpha value is -1.27. The van der Waals surface area contributed by atoms with Crippen molar-refractivity contribution in [1.82, 2.24) is 25.1 Å². The number of aryl methyl sites for hydroxylation is 2. The first-order valence-corrected chi connectivity index (χ1v) is 8.68. The Bertz CT molecular complexity index is 589. The second-order valence-electron chi connectivity index (χ2n) is 5.61. The summed E-state index contributed by atoms with van der Waals surface area (Å²) in [4.78, 5) is 5.69. The summed E-state index contributed by atoms with van der Waals surface area (Å²) in [6, 6.07) is 0.219. The summed E-state index contributed by atoms with van der Waals surface area (Å²) in [6.07, 6.45) is 7.82. The normalized spacial score (nSPS) is 16.5. The summed E-state index contributed by atoms with van der Waals surface area (Å²) < 4.78 is 2.31. The van der Waals surface area contributed by atoms with Gasteiger partial charge in [0, 0.05) is 30.6 Å². The van der Waals surface area contributed by atoms with Gasteiger partial charge in [-0.3, -0.25) is 0 Å². The van der Waals surface area contributed by atoms with Gasteiger partial charge in [-0.1, -0.05) is 13.3 Å². The van der Waals surface area contributed by atoms with Crippen molar-refractivity contribution in [3.63, 3.8) is 0 Å². The molecule has 5 nitrogen and oxygen atoms in total. The van der Waals surface area contributed by atoms with Crippen LogP contribution in [0.25, 0.3) is 0 Å². The number of thiazole rings is 1. The topological polar surface area (TPSA) is 55.6 Å². The molecule has 0 aromatic carbocycles. The highest BCUT2D eigenvalue weighted by atomic mass is 32.1. The highest BCUT2D eigenvalue weighted by Gasteiger charge is 2.19. The molecule has 1 N–H and O–H groups in total. The Morgan fingerprint density at radius 3 is 3.05 bits per heavy atom. The molecule has 3 rings (SSSR count). The minimum atomic E-state index is 0.219. The highest BCUT2D eigenvalue weighted by Crippen LogP contribution is 2.20. The van der Waals surface area contributed by atoms with Crippen LogP contribution >= 0.6 is 11.3 Å². The minimum absolute atomic E-state index is 0.219. The molecule has 1 unspecified atom stereocenters. The third-order valence-corrected chi connectivity index (χ3v) is 5.15. The van der Waals surface area contributed by atoms with Crippen molar-refractivity contribution in [2.24, 2.45) is 0 Å². The maximum atomic E-state index is 4.41. The zero-order chi connectivity index (χ0) is 14.7. The zero-order valence-corrected chi connectivity index (χ0v) is 13.6. The van der Waals surface area contributed by atoms with E-state index in [1.165, 1.54) is 29.1 Å². The van der Waals surface area contributed by atoms with E-state index in [0.717, 1.165) is 37.6 Å². The van der Waals surface area contributed by atoms with Crippen LogP contribution in [0.15, 0.2) is 6.20 Å². The van der Waals surface area contributed by atoms with Gasteiger partial charge in [-0.25, -0.2) is 4.98 Å². The Kier molecular flexibility index (Phi) is 4.65. The second kappa shape index (κ2) is 6.66. The van der Waals surface area contributed by atoms with E-state index >= 15 is 0 Å². The lowest BCUT2D eigenvalue weighted by molar-refractivity contribution is 0.504. The molecule has 1 aliphatic rings. The van der Waals surface area contributed by atoms with Crippen LogP contribution in [0.2, 0.25) is 0 Å². The Morgan fingerprint density at radius 2 is 2.24 bits per heavy atom. The standard InChI is InChI=1S/C15H23N5S/c1-3-14-17-10-12(21-14)9-16-11(2)15-19-18-13-7-5-4-6-8-20(13)15/h10-11,16H,3-9H2,1-2H3. The molecular formula is C15H23N5S. The van der Waals surface area contributed by atoms with E-state index in [-0.39, 0.29) is 6.04 Å². The number of fused-ring (bicyclic) bond motifs is 1. The number of hydrogen-bond acceptors (Lipinski definition) is 5. The van der Waals surface area contributed by atoms with E-state index in [2.05, 4.69) is 38.9 Å². The average molecular weight is 305 g/mol. The van der Waals surface area contributed by atoms with Crippen molar-refractivity contribution in [3.05, 3.63) is 27.7 Å². The van der Waals surface area contributed by atoms with Gasteiger partial charge >= 0.3 is 0 Å². The Balaban J connectivity index is 1.65. The van der Waals surface area contributed by atoms with Crippen LogP contribution in [0, 0.1) is 0 Å². The first-order valence-electron chi connectivity index (χ1n) is 7.87. The van der Waals surface area contributed by atoms with E-state index in [1.807, 2.05) is 6.20 Å². The van der Waals surface area contributed by atoms with Gasteiger partial charge in [-0.2, -0.15) is 0 Å². The average Bonchev–Trinajstić information content (AvgIpc) is 3.06. The fourth-order valence-electron chi connectivity index (χ4n) is 2.77. The van der Waals surface area contributed by atoms with Crippen LogP contribution < -0.4 is 5.32 Å². The summed E-state index contributed by atoms with van der Waals surface area (Å²) in [5.74, 6) is 2.23. The van der Waals surface area contributed by atoms with Crippen molar-refractivity contribution < 1.29 is 0 Å². The van der Waals surface area contributed by atoms with Gasteiger partial charge in [0.1, 0.15) is 11.6 Å². The maximum absolute atomic E-state index is 4.41. The largest absolute Gasteiger partial charge is 0.314 e. The van der Waals surface area contributed by atoms with E-state index < -0.39 is 0 Å². The lowest BCUT2D eigenvalue weighted by Crippen LogP contribution is -2.22. The summed E-state index contributed by atoms with van der Waals surface area (Å²) in [7, 11) is 0. The molecule has 0 saturated carbocycles. The van der Waals surface area contributed by atoms with Gasteiger partial charge in [0.05, 0.1) is 11.0 Å². The number of nitrogens with one attached hydrogen (secondary N) is 1. The van der Waals surface area contributed by atoms with Gasteiger partial charge in [-0.15, -0.1) is 21.5 Å². The van der Waals surface area contributed by atoms with Crippen LogP contribution in [-0.4, -0.2) is 19.7 Å². The molecule has 0 saturated heterocycles. The summed E-state index contributed by atoms with van der Waals surface area (Å²) in [5.41, 5.74) is 0. The zero-order valence-electron chi connectivity index (χ0n) is 12.8. The van der Waals surface area contributed by atoms with Crippen LogP contribution in [0.5, 0.6) is 0 Å². The molecule has 0 radical (unpaired) electrons. The SMILES string of the molecule is CCc1ncc(CNC(C)c2nnc3n2CCCCC3)s1. The monoisotopic (exact) mass is 305 g/mol. The third-order valence-electron chi connectivity index (χ3n) is 4.01. The molecule has 3 heterocycles. The molecule has 6 heteroatoms. The number of rotatable bonds is 5. The van der Waals surface area contributed by atoms with E-state index in [4.69, 9.17) is 0 Å². The summed E-state index contributed by atoms with van der Waals surface area (Å²) in [6.45, 7) is 6.22. The van der Waals surface area contributed by atoms with Crippen molar-refractivity contribution in [2.75, 3.05) is 0 Å². The predicted molar refractivity (Wildman–Crippen MR) is 84.3 cm³/mol. The lowest BCUT2D eigenvalue weighted by Gasteiger charge is -2.14. The molecule has 0 spiro atoms. The molecule has 1 atom stereocenters. The predicted octanol–water partition coefficient (Wildman–Crippen LogP) is 2.87. The lowest BCUT2D eigenvalue weighted by atomic mass is 10.2. The van der Waals surface area contributed by atoms with E-state index in [1.54, 1.807) is 11.3 Å². The number of aromatic nitrogens is 4. The Morgan fingerprint density at radius 1 is 1.33 bits per heavy atom. The molecule has 0 bridgehead atoms.